The molecule has 0 aliphatic heterocycles. The van der Waals surface area contributed by atoms with Crippen LogP contribution < -0.4 is 10.6 Å². The molecule has 7 heteroatoms. The van der Waals surface area contributed by atoms with E-state index in [1.165, 1.54) is 0 Å². The van der Waals surface area contributed by atoms with Crippen LogP contribution in [0.5, 0.6) is 0 Å². The number of unbranched alkanes of at least 4 members (excludes halogenated alkanes) is 1. The number of hydrogen-bond acceptors (Lipinski definition) is 5. The Morgan fingerprint density at radius 3 is 2.50 bits per heavy atom. The largest absolute Gasteiger partial charge is 0.463 e. The summed E-state index contributed by atoms with van der Waals surface area (Å²) in [6, 6.07) is 3.51. The maximum Gasteiger partial charge on any atom is 0.330 e. The quantitative estimate of drug-likeness (QED) is 0.312. The van der Waals surface area contributed by atoms with Crippen LogP contribution >= 0.6 is 0 Å². The summed E-state index contributed by atoms with van der Waals surface area (Å²) in [5, 5.41) is 5.01. The number of esters is 1. The van der Waals surface area contributed by atoms with Gasteiger partial charge in [0.05, 0.1) is 6.61 Å². The van der Waals surface area contributed by atoms with Gasteiger partial charge in [-0.2, -0.15) is 0 Å². The first-order valence-electron chi connectivity index (χ1n) is 6.87. The van der Waals surface area contributed by atoms with Crippen LogP contribution in [-0.2, 0) is 25.7 Å². The molecule has 0 saturated heterocycles. The minimum Gasteiger partial charge on any atom is -0.463 e. The predicted molar refractivity (Wildman–Crippen MR) is 79.5 cm³/mol. The van der Waals surface area contributed by atoms with E-state index in [1.807, 2.05) is 0 Å². The normalized spacial score (nSPS) is 9.64. The first-order chi connectivity index (χ1) is 10.6. The summed E-state index contributed by atoms with van der Waals surface area (Å²) >= 11 is 0. The molecule has 0 atom stereocenters. The molecule has 0 fully saturated rings. The highest BCUT2D eigenvalue weighted by Crippen LogP contribution is 1.94. The molecule has 7 nitrogen and oxygen atoms in total. The summed E-state index contributed by atoms with van der Waals surface area (Å²) in [6.07, 6.45) is 5.52. The third-order valence-corrected chi connectivity index (χ3v) is 2.68. The molecule has 1 rings (SSSR count). The van der Waals surface area contributed by atoms with Crippen LogP contribution in [0.1, 0.15) is 18.4 Å². The lowest BCUT2D eigenvalue weighted by Crippen LogP contribution is -2.40. The molecule has 2 N–H and O–H groups in total. The molecule has 0 bridgehead atoms. The molecule has 0 radical (unpaired) electrons. The molecule has 2 amide bonds. The Morgan fingerprint density at radius 2 is 1.82 bits per heavy atom. The van der Waals surface area contributed by atoms with Crippen molar-refractivity contribution in [2.75, 3.05) is 13.2 Å². The first-order valence-corrected chi connectivity index (χ1v) is 6.87. The zero-order valence-electron chi connectivity index (χ0n) is 12.2. The second kappa shape index (κ2) is 10.1. The van der Waals surface area contributed by atoms with Gasteiger partial charge in [0.2, 0.25) is 0 Å². The van der Waals surface area contributed by atoms with Gasteiger partial charge in [0.25, 0.3) is 0 Å². The Morgan fingerprint density at radius 1 is 1.14 bits per heavy atom. The molecule has 1 heterocycles. The average Bonchev–Trinajstić information content (AvgIpc) is 2.56. The molecule has 1 aromatic heterocycles. The Bertz CT molecular complexity index is 517. The van der Waals surface area contributed by atoms with E-state index in [2.05, 4.69) is 22.2 Å². The monoisotopic (exact) mass is 305 g/mol. The number of pyridine rings is 1. The van der Waals surface area contributed by atoms with Crippen molar-refractivity contribution in [3.8, 4) is 0 Å². The number of nitrogens with one attached hydrogen (secondary N) is 2. The third kappa shape index (κ3) is 7.18. The van der Waals surface area contributed by atoms with Gasteiger partial charge in [-0.1, -0.05) is 6.58 Å². The van der Waals surface area contributed by atoms with Gasteiger partial charge in [-0.25, -0.2) is 4.79 Å². The SMILES string of the molecule is C=CC(=O)OCCCCNC(=O)C(=O)NCc1ccncc1. The lowest BCUT2D eigenvalue weighted by atomic mass is 10.2. The van der Waals surface area contributed by atoms with E-state index >= 15 is 0 Å². The summed E-state index contributed by atoms with van der Waals surface area (Å²) in [6.45, 7) is 4.15. The minimum absolute atomic E-state index is 0.259. The molecule has 0 spiro atoms. The maximum absolute atomic E-state index is 11.5. The van der Waals surface area contributed by atoms with Crippen LogP contribution in [0.3, 0.4) is 0 Å². The van der Waals surface area contributed by atoms with Crippen LogP contribution in [0, 0.1) is 0 Å². The highest BCUT2D eigenvalue weighted by Gasteiger charge is 2.11. The summed E-state index contributed by atoms with van der Waals surface area (Å²) in [4.78, 5) is 37.7. The van der Waals surface area contributed by atoms with E-state index in [9.17, 15) is 14.4 Å². The van der Waals surface area contributed by atoms with Crippen LogP contribution in [0.2, 0.25) is 0 Å². The predicted octanol–water partition coefficient (Wildman–Crippen LogP) is 0.323. The minimum atomic E-state index is -0.685. The summed E-state index contributed by atoms with van der Waals surface area (Å²) < 4.78 is 4.78. The molecule has 0 saturated carbocycles. The Hall–Kier alpha value is -2.70. The molecular formula is C15H19N3O4. The summed E-state index contributed by atoms with van der Waals surface area (Å²) in [5.74, 6) is -1.84. The van der Waals surface area contributed by atoms with Crippen LogP contribution in [0.4, 0.5) is 0 Å². The van der Waals surface area contributed by atoms with Crippen molar-refractivity contribution < 1.29 is 19.1 Å². The fourth-order valence-corrected chi connectivity index (χ4v) is 1.50. The van der Waals surface area contributed by atoms with Crippen molar-refractivity contribution in [2.24, 2.45) is 0 Å². The third-order valence-electron chi connectivity index (χ3n) is 2.68. The van der Waals surface area contributed by atoms with Gasteiger partial charge < -0.3 is 15.4 Å². The van der Waals surface area contributed by atoms with Crippen molar-refractivity contribution in [3.63, 3.8) is 0 Å². The molecule has 0 aliphatic carbocycles. The molecule has 0 aromatic carbocycles. The molecular weight excluding hydrogens is 286 g/mol. The fourth-order valence-electron chi connectivity index (χ4n) is 1.50. The number of carbonyl (C=O) groups is 3. The number of ether oxygens (including phenoxy) is 1. The van der Waals surface area contributed by atoms with E-state index in [0.29, 0.717) is 19.4 Å². The Kier molecular flexibility index (Phi) is 7.96. The van der Waals surface area contributed by atoms with E-state index in [-0.39, 0.29) is 13.2 Å². The van der Waals surface area contributed by atoms with Gasteiger partial charge in [-0.3, -0.25) is 14.6 Å². The van der Waals surface area contributed by atoms with Crippen LogP contribution in [0.15, 0.2) is 37.2 Å². The number of aromatic nitrogens is 1. The smallest absolute Gasteiger partial charge is 0.330 e. The number of amides is 2. The van der Waals surface area contributed by atoms with Gasteiger partial charge in [-0.15, -0.1) is 0 Å². The fraction of sp³-hybridized carbons (Fsp3) is 0.333. The van der Waals surface area contributed by atoms with Crippen molar-refractivity contribution in [1.29, 1.82) is 0 Å². The van der Waals surface area contributed by atoms with E-state index < -0.39 is 17.8 Å². The van der Waals surface area contributed by atoms with E-state index in [1.54, 1.807) is 24.5 Å². The molecule has 118 valence electrons. The maximum atomic E-state index is 11.5. The number of carbonyl (C=O) groups excluding carboxylic acids is 3. The second-order valence-corrected chi connectivity index (χ2v) is 4.37. The van der Waals surface area contributed by atoms with Crippen molar-refractivity contribution >= 4 is 17.8 Å². The van der Waals surface area contributed by atoms with Crippen LogP contribution in [0.25, 0.3) is 0 Å². The Balaban J connectivity index is 2.10. The van der Waals surface area contributed by atoms with Crippen molar-refractivity contribution in [1.82, 2.24) is 15.6 Å². The summed E-state index contributed by atoms with van der Waals surface area (Å²) in [7, 11) is 0. The Labute approximate surface area is 128 Å². The number of rotatable bonds is 8. The topological polar surface area (TPSA) is 97.4 Å². The molecule has 0 unspecified atom stereocenters. The lowest BCUT2D eigenvalue weighted by Gasteiger charge is -2.06. The number of nitrogens with zero attached hydrogens (tertiary/aromatic N) is 1. The van der Waals surface area contributed by atoms with Gasteiger partial charge in [0.15, 0.2) is 0 Å². The molecule has 0 aliphatic rings. The average molecular weight is 305 g/mol. The zero-order chi connectivity index (χ0) is 16.2. The van der Waals surface area contributed by atoms with Gasteiger partial charge >= 0.3 is 17.8 Å². The van der Waals surface area contributed by atoms with Gasteiger partial charge in [0, 0.05) is 31.6 Å². The highest BCUT2D eigenvalue weighted by molar-refractivity contribution is 6.35. The molecule has 22 heavy (non-hydrogen) atoms. The van der Waals surface area contributed by atoms with E-state index in [0.717, 1.165) is 11.6 Å². The first kappa shape index (κ1) is 17.4. The zero-order valence-corrected chi connectivity index (χ0v) is 12.2. The van der Waals surface area contributed by atoms with Gasteiger partial charge in [-0.05, 0) is 30.5 Å². The van der Waals surface area contributed by atoms with Crippen molar-refractivity contribution in [2.45, 2.75) is 19.4 Å². The van der Waals surface area contributed by atoms with Crippen molar-refractivity contribution in [3.05, 3.63) is 42.7 Å². The highest BCUT2D eigenvalue weighted by atomic mass is 16.5. The standard InChI is InChI=1S/C15H19N3O4/c1-2-13(19)22-10-4-3-7-17-14(20)15(21)18-11-12-5-8-16-9-6-12/h2,5-6,8-9H,1,3-4,7,10-11H2,(H,17,20)(H,18,21). The molecule has 1 aromatic rings. The lowest BCUT2D eigenvalue weighted by molar-refractivity contribution is -0.139. The van der Waals surface area contributed by atoms with Gasteiger partial charge in [0.1, 0.15) is 0 Å². The van der Waals surface area contributed by atoms with Crippen LogP contribution in [-0.4, -0.2) is 35.9 Å². The number of hydrogen-bond donors (Lipinski definition) is 2. The van der Waals surface area contributed by atoms with E-state index in [4.69, 9.17) is 4.74 Å². The second-order valence-electron chi connectivity index (χ2n) is 4.37. The summed E-state index contributed by atoms with van der Waals surface area (Å²) in [5.41, 5.74) is 0.861.